The van der Waals surface area contributed by atoms with Gasteiger partial charge in [0.1, 0.15) is 12.1 Å². The Labute approximate surface area is 144 Å². The molecule has 2 aromatic heterocycles. The number of ketones is 1. The van der Waals surface area contributed by atoms with Crippen molar-refractivity contribution in [1.82, 2.24) is 24.5 Å². The zero-order chi connectivity index (χ0) is 17.7. The van der Waals surface area contributed by atoms with Crippen molar-refractivity contribution in [1.29, 1.82) is 0 Å². The number of ether oxygens (including phenoxy) is 1. The summed E-state index contributed by atoms with van der Waals surface area (Å²) in [5, 5.41) is 13.4. The summed E-state index contributed by atoms with van der Waals surface area (Å²) in [6, 6.07) is 1.94. The Kier molecular flexibility index (Phi) is 6.13. The Morgan fingerprint density at radius 1 is 1.29 bits per heavy atom. The lowest BCUT2D eigenvalue weighted by Crippen LogP contribution is -2.13. The minimum absolute atomic E-state index is 0.151. The maximum atomic E-state index is 11.8. The van der Waals surface area contributed by atoms with Gasteiger partial charge in [-0.2, -0.15) is 5.10 Å². The number of thioether (sulfide) groups is 1. The van der Waals surface area contributed by atoms with Crippen LogP contribution in [0.5, 0.6) is 0 Å². The Morgan fingerprint density at radius 3 is 2.62 bits per heavy atom. The predicted molar refractivity (Wildman–Crippen MR) is 89.6 cm³/mol. The van der Waals surface area contributed by atoms with Crippen LogP contribution >= 0.6 is 11.8 Å². The number of Topliss-reactive ketones (excluding diaryl/α,β-unsaturated/α-hetero) is 1. The van der Waals surface area contributed by atoms with Crippen LogP contribution in [0.2, 0.25) is 0 Å². The molecule has 0 amide bonds. The fourth-order valence-corrected chi connectivity index (χ4v) is 2.97. The molecule has 2 rings (SSSR count). The van der Waals surface area contributed by atoms with Crippen molar-refractivity contribution in [2.24, 2.45) is 7.05 Å². The lowest BCUT2D eigenvalue weighted by molar-refractivity contribution is -0.145. The van der Waals surface area contributed by atoms with E-state index in [9.17, 15) is 9.59 Å². The molecule has 0 aliphatic carbocycles. The van der Waals surface area contributed by atoms with Crippen molar-refractivity contribution in [2.75, 3.05) is 12.4 Å². The van der Waals surface area contributed by atoms with Gasteiger partial charge in [0.15, 0.2) is 16.8 Å². The molecule has 0 spiro atoms. The Bertz CT molecular complexity index is 718. The average Bonchev–Trinajstić information content (AvgIpc) is 3.08. The molecule has 9 heteroatoms. The SMILES string of the molecule is CCOC(=O)CC(=O)CSc1nnc(-c2cc(C)n(C)n2)n1CC. The average molecular weight is 351 g/mol. The second-order valence-electron chi connectivity index (χ2n) is 5.15. The highest BCUT2D eigenvalue weighted by molar-refractivity contribution is 7.99. The smallest absolute Gasteiger partial charge is 0.313 e. The van der Waals surface area contributed by atoms with Crippen LogP contribution < -0.4 is 0 Å². The molecule has 0 saturated carbocycles. The first-order valence-electron chi connectivity index (χ1n) is 7.70. The molecule has 0 saturated heterocycles. The van der Waals surface area contributed by atoms with Gasteiger partial charge in [-0.25, -0.2) is 0 Å². The van der Waals surface area contributed by atoms with Crippen LogP contribution in [0.3, 0.4) is 0 Å². The second kappa shape index (κ2) is 8.09. The fourth-order valence-electron chi connectivity index (χ4n) is 2.11. The molecule has 24 heavy (non-hydrogen) atoms. The number of hydrogen-bond donors (Lipinski definition) is 0. The van der Waals surface area contributed by atoms with Gasteiger partial charge in [-0.05, 0) is 26.8 Å². The van der Waals surface area contributed by atoms with Crippen LogP contribution in [0.15, 0.2) is 11.2 Å². The fraction of sp³-hybridized carbons (Fsp3) is 0.533. The highest BCUT2D eigenvalue weighted by Crippen LogP contribution is 2.23. The Morgan fingerprint density at radius 2 is 2.04 bits per heavy atom. The van der Waals surface area contributed by atoms with Crippen molar-refractivity contribution in [3.05, 3.63) is 11.8 Å². The maximum Gasteiger partial charge on any atom is 0.313 e. The topological polar surface area (TPSA) is 91.9 Å². The largest absolute Gasteiger partial charge is 0.466 e. The normalized spacial score (nSPS) is 10.8. The van der Waals surface area contributed by atoms with Crippen LogP contribution in [0.1, 0.15) is 26.0 Å². The number of nitrogens with zero attached hydrogens (tertiary/aromatic N) is 5. The highest BCUT2D eigenvalue weighted by atomic mass is 32.2. The van der Waals surface area contributed by atoms with Gasteiger partial charge in [-0.1, -0.05) is 11.8 Å². The number of aromatic nitrogens is 5. The molecule has 0 unspecified atom stereocenters. The molecule has 0 radical (unpaired) electrons. The maximum absolute atomic E-state index is 11.8. The van der Waals surface area contributed by atoms with Gasteiger partial charge in [-0.15, -0.1) is 10.2 Å². The second-order valence-corrected chi connectivity index (χ2v) is 6.10. The Balaban J connectivity index is 2.06. The van der Waals surface area contributed by atoms with Gasteiger partial charge in [0.25, 0.3) is 0 Å². The number of aryl methyl sites for hydroxylation is 2. The summed E-state index contributed by atoms with van der Waals surface area (Å²) in [7, 11) is 1.87. The van der Waals surface area contributed by atoms with E-state index in [1.165, 1.54) is 11.8 Å². The molecule has 0 aliphatic heterocycles. The van der Waals surface area contributed by atoms with Gasteiger partial charge in [0, 0.05) is 19.3 Å². The van der Waals surface area contributed by atoms with Gasteiger partial charge in [0.2, 0.25) is 0 Å². The zero-order valence-corrected chi connectivity index (χ0v) is 15.1. The molecule has 0 aromatic carbocycles. The summed E-state index contributed by atoms with van der Waals surface area (Å²) < 4.78 is 8.46. The molecule has 130 valence electrons. The third-order valence-electron chi connectivity index (χ3n) is 3.39. The molecule has 0 N–H and O–H groups in total. The minimum Gasteiger partial charge on any atom is -0.466 e. The number of esters is 1. The molecular weight excluding hydrogens is 330 g/mol. The van der Waals surface area contributed by atoms with Gasteiger partial charge >= 0.3 is 5.97 Å². The summed E-state index contributed by atoms with van der Waals surface area (Å²) in [5.41, 5.74) is 1.77. The first kappa shape index (κ1) is 18.2. The van der Waals surface area contributed by atoms with E-state index in [0.29, 0.717) is 17.5 Å². The number of hydrogen-bond acceptors (Lipinski definition) is 7. The first-order chi connectivity index (χ1) is 11.5. The van der Waals surface area contributed by atoms with E-state index in [1.54, 1.807) is 11.6 Å². The van der Waals surface area contributed by atoms with Crippen LogP contribution in [0.4, 0.5) is 0 Å². The third kappa shape index (κ3) is 4.22. The summed E-state index contributed by atoms with van der Waals surface area (Å²) in [4.78, 5) is 23.1. The van der Waals surface area contributed by atoms with E-state index >= 15 is 0 Å². The highest BCUT2D eigenvalue weighted by Gasteiger charge is 2.18. The summed E-state index contributed by atoms with van der Waals surface area (Å²) >= 11 is 1.26. The number of carbonyl (C=O) groups excluding carboxylic acids is 2. The van der Waals surface area contributed by atoms with Crippen molar-refractivity contribution in [3.63, 3.8) is 0 Å². The van der Waals surface area contributed by atoms with Crippen LogP contribution in [-0.4, -0.2) is 48.7 Å². The van der Waals surface area contributed by atoms with Crippen molar-refractivity contribution in [3.8, 4) is 11.5 Å². The van der Waals surface area contributed by atoms with E-state index in [-0.39, 0.29) is 24.6 Å². The van der Waals surface area contributed by atoms with E-state index in [2.05, 4.69) is 15.3 Å². The molecule has 0 fully saturated rings. The van der Waals surface area contributed by atoms with E-state index < -0.39 is 5.97 Å². The van der Waals surface area contributed by atoms with Crippen molar-refractivity contribution < 1.29 is 14.3 Å². The van der Waals surface area contributed by atoms with Crippen LogP contribution in [0.25, 0.3) is 11.5 Å². The summed E-state index contributed by atoms with van der Waals surface area (Å²) in [6.07, 6.45) is -0.215. The number of carbonyl (C=O) groups is 2. The van der Waals surface area contributed by atoms with Crippen LogP contribution in [0, 0.1) is 6.92 Å². The molecule has 0 atom stereocenters. The lowest BCUT2D eigenvalue weighted by atomic mass is 10.3. The van der Waals surface area contributed by atoms with E-state index in [0.717, 1.165) is 11.4 Å². The zero-order valence-electron chi connectivity index (χ0n) is 14.3. The quantitative estimate of drug-likeness (QED) is 0.405. The Hall–Kier alpha value is -2.16. The van der Waals surface area contributed by atoms with Gasteiger partial charge in [-0.3, -0.25) is 14.3 Å². The molecule has 0 bridgehead atoms. The predicted octanol–water partition coefficient (Wildman–Crippen LogP) is 1.62. The number of rotatable bonds is 8. The molecule has 0 aliphatic rings. The summed E-state index contributed by atoms with van der Waals surface area (Å²) in [5.74, 6) is 0.128. The van der Waals surface area contributed by atoms with E-state index in [4.69, 9.17) is 4.74 Å². The molecule has 8 nitrogen and oxygen atoms in total. The monoisotopic (exact) mass is 351 g/mol. The first-order valence-corrected chi connectivity index (χ1v) is 8.69. The van der Waals surface area contributed by atoms with Crippen LogP contribution in [-0.2, 0) is 27.9 Å². The van der Waals surface area contributed by atoms with Crippen molar-refractivity contribution >= 4 is 23.5 Å². The van der Waals surface area contributed by atoms with Crippen molar-refractivity contribution in [2.45, 2.75) is 38.9 Å². The summed E-state index contributed by atoms with van der Waals surface area (Å²) in [6.45, 7) is 6.59. The molecule has 2 aromatic rings. The lowest BCUT2D eigenvalue weighted by Gasteiger charge is -2.05. The minimum atomic E-state index is -0.496. The third-order valence-corrected chi connectivity index (χ3v) is 4.41. The van der Waals surface area contributed by atoms with E-state index in [1.807, 2.05) is 31.5 Å². The van der Waals surface area contributed by atoms with Gasteiger partial charge < -0.3 is 9.30 Å². The molecular formula is C15H21N5O3S. The van der Waals surface area contributed by atoms with Gasteiger partial charge in [0.05, 0.1) is 12.4 Å². The standard InChI is InChI=1S/C15H21N5O3S/c1-5-20-14(12-7-10(3)19(4)18-12)16-17-15(20)24-9-11(21)8-13(22)23-6-2/h7H,5-6,8-9H2,1-4H3. The molecule has 2 heterocycles.